The Bertz CT molecular complexity index is 1890. The van der Waals surface area contributed by atoms with Crippen molar-refractivity contribution in [3.05, 3.63) is 76.7 Å². The number of ether oxygens (including phenoxy) is 1. The van der Waals surface area contributed by atoms with Crippen LogP contribution in [0.15, 0.2) is 69.8 Å². The summed E-state index contributed by atoms with van der Waals surface area (Å²) in [5, 5.41) is 25.6. The van der Waals surface area contributed by atoms with Crippen LogP contribution in [-0.4, -0.2) is 66.2 Å². The molecule has 1 saturated heterocycles. The Labute approximate surface area is 301 Å². The van der Waals surface area contributed by atoms with Crippen molar-refractivity contribution in [2.45, 2.75) is 99.8 Å². The Kier molecular flexibility index (Phi) is 8.27. The van der Waals surface area contributed by atoms with Crippen molar-refractivity contribution in [3.63, 3.8) is 0 Å². The van der Waals surface area contributed by atoms with Gasteiger partial charge in [-0.1, -0.05) is 50.3 Å². The molecule has 2 heterocycles. The van der Waals surface area contributed by atoms with Gasteiger partial charge in [0.15, 0.2) is 5.78 Å². The second-order valence-electron chi connectivity index (χ2n) is 16.6. The highest BCUT2D eigenvalue weighted by molar-refractivity contribution is 7.91. The van der Waals surface area contributed by atoms with Crippen LogP contribution in [0.25, 0.3) is 0 Å². The van der Waals surface area contributed by atoms with Crippen molar-refractivity contribution in [2.24, 2.45) is 33.5 Å². The van der Waals surface area contributed by atoms with Gasteiger partial charge in [-0.05, 0) is 98.6 Å². The number of aliphatic hydroxyl groups excluding tert-OH is 1. The number of thiophene rings is 1. The number of fused-ring (bicyclic) bond motifs is 1. The van der Waals surface area contributed by atoms with E-state index in [-0.39, 0.29) is 46.2 Å². The summed E-state index contributed by atoms with van der Waals surface area (Å²) in [5.74, 6) is -0.811. The Balaban J connectivity index is 1.23. The molecule has 2 bridgehead atoms. The minimum Gasteiger partial charge on any atom is -0.393 e. The van der Waals surface area contributed by atoms with Crippen molar-refractivity contribution in [1.82, 2.24) is 4.31 Å². The van der Waals surface area contributed by atoms with Crippen LogP contribution in [0.3, 0.4) is 0 Å². The van der Waals surface area contributed by atoms with Gasteiger partial charge < -0.3 is 14.9 Å². The third-order valence-corrected chi connectivity index (χ3v) is 17.6. The largest absolute Gasteiger partial charge is 0.416 e. The van der Waals surface area contributed by atoms with Gasteiger partial charge in [0.1, 0.15) is 4.21 Å². The molecular weight excluding hydrogens is 700 g/mol. The van der Waals surface area contributed by atoms with E-state index in [1.807, 2.05) is 13.0 Å². The maximum atomic E-state index is 14.8. The normalized spacial score (nSPS) is 40.2. The van der Waals surface area contributed by atoms with Crippen LogP contribution in [0.5, 0.6) is 0 Å². The summed E-state index contributed by atoms with van der Waals surface area (Å²) in [6.45, 7) is 4.83. The Hall–Kier alpha value is -2.35. The van der Waals surface area contributed by atoms with Gasteiger partial charge in [0.2, 0.25) is 0 Å². The number of Topliss-reactive ketones (excluding diaryl/α,β-unsaturated/α-hetero) is 1. The number of sulfonamides is 1. The number of nitrogens with zero attached hydrogens (tertiary/aromatic N) is 1. The molecule has 2 spiro atoms. The Morgan fingerprint density at radius 2 is 1.76 bits per heavy atom. The first-order chi connectivity index (χ1) is 24.0. The van der Waals surface area contributed by atoms with Gasteiger partial charge in [-0.25, -0.2) is 8.42 Å². The molecule has 276 valence electrons. The van der Waals surface area contributed by atoms with Crippen molar-refractivity contribution in [2.75, 3.05) is 19.7 Å². The highest BCUT2D eigenvalue weighted by atomic mass is 32.2. The first-order valence-corrected chi connectivity index (χ1v) is 20.5. The van der Waals surface area contributed by atoms with Crippen molar-refractivity contribution in [3.8, 4) is 0 Å². The molecule has 3 saturated carbocycles. The molecule has 51 heavy (non-hydrogen) atoms. The third kappa shape index (κ3) is 5.09. The molecule has 9 unspecified atom stereocenters. The van der Waals surface area contributed by atoms with Crippen molar-refractivity contribution < 1.29 is 41.3 Å². The summed E-state index contributed by atoms with van der Waals surface area (Å²) in [6.07, 6.45) is 6.16. The van der Waals surface area contributed by atoms with Gasteiger partial charge in [0.25, 0.3) is 10.0 Å². The lowest BCUT2D eigenvalue weighted by molar-refractivity contribution is -0.174. The second kappa shape index (κ2) is 11.8. The van der Waals surface area contributed by atoms with Crippen molar-refractivity contribution >= 4 is 27.1 Å². The molecule has 1 aromatic carbocycles. The third-order valence-electron chi connectivity index (χ3n) is 14.4. The van der Waals surface area contributed by atoms with E-state index in [9.17, 15) is 36.6 Å². The summed E-state index contributed by atoms with van der Waals surface area (Å²) < 4.78 is 77.4. The fourth-order valence-corrected chi connectivity index (χ4v) is 14.4. The molecule has 9 atom stereocenters. The zero-order chi connectivity index (χ0) is 36.2. The topological polar surface area (TPSA) is 104 Å². The Morgan fingerprint density at radius 1 is 1.02 bits per heavy atom. The van der Waals surface area contributed by atoms with Crippen LogP contribution in [0.2, 0.25) is 0 Å². The van der Waals surface area contributed by atoms with Gasteiger partial charge in [-0.15, -0.1) is 11.3 Å². The van der Waals surface area contributed by atoms with Gasteiger partial charge in [-0.2, -0.15) is 17.5 Å². The maximum Gasteiger partial charge on any atom is 0.416 e. The summed E-state index contributed by atoms with van der Waals surface area (Å²) >= 11 is 1.14. The van der Waals surface area contributed by atoms with E-state index >= 15 is 0 Å². The van der Waals surface area contributed by atoms with E-state index in [1.165, 1.54) is 16.4 Å². The summed E-state index contributed by atoms with van der Waals surface area (Å²) in [4.78, 5) is 14.8. The van der Waals surface area contributed by atoms with Crippen molar-refractivity contribution in [1.29, 1.82) is 0 Å². The molecule has 12 heteroatoms. The first-order valence-electron chi connectivity index (χ1n) is 18.2. The molecule has 7 aliphatic rings. The SMILES string of the molecule is CC12CCC(O)CC13C=CC1(C(C(=O)c4cccc(C(F)(F)F)c4)=C3)C2CCC2(C)C1CCC2(O)CN(CC1CCCO1)S(=O)(=O)c1cccs1. The molecule has 1 aliphatic heterocycles. The first kappa shape index (κ1) is 35.7. The number of allylic oxidation sites excluding steroid dienone is 4. The molecular formula is C39H46F3NO6S2. The number of halogens is 3. The Morgan fingerprint density at radius 3 is 2.47 bits per heavy atom. The number of ketones is 1. The van der Waals surface area contributed by atoms with Crippen LogP contribution in [0.1, 0.15) is 87.6 Å². The maximum absolute atomic E-state index is 14.8. The smallest absolute Gasteiger partial charge is 0.393 e. The number of aliphatic hydroxyl groups is 2. The van der Waals surface area contributed by atoms with Crippen LogP contribution in [0, 0.1) is 33.5 Å². The molecule has 2 N–H and O–H groups in total. The highest BCUT2D eigenvalue weighted by Gasteiger charge is 2.74. The fraction of sp³-hybridized carbons (Fsp3) is 0.615. The zero-order valence-electron chi connectivity index (χ0n) is 29.0. The van der Waals surface area contributed by atoms with Crippen LogP contribution >= 0.6 is 11.3 Å². The fourth-order valence-electron chi connectivity index (χ4n) is 11.7. The number of hydrogen-bond acceptors (Lipinski definition) is 7. The van der Waals surface area contributed by atoms with Gasteiger partial charge in [0.05, 0.1) is 23.4 Å². The predicted octanol–water partition coefficient (Wildman–Crippen LogP) is 7.41. The molecule has 6 aliphatic carbocycles. The molecule has 0 amide bonds. The second-order valence-corrected chi connectivity index (χ2v) is 19.7. The minimum atomic E-state index is -4.62. The number of carbonyl (C=O) groups is 1. The average molecular weight is 746 g/mol. The molecule has 1 aromatic heterocycles. The molecule has 4 fully saturated rings. The van der Waals surface area contributed by atoms with Gasteiger partial charge in [0, 0.05) is 47.1 Å². The van der Waals surface area contributed by atoms with E-state index in [0.717, 1.165) is 42.7 Å². The summed E-state index contributed by atoms with van der Waals surface area (Å²) in [6, 6.07) is 7.88. The number of carbonyl (C=O) groups excluding carboxylic acids is 1. The average Bonchev–Trinajstić information content (AvgIpc) is 3.86. The number of benzene rings is 1. The number of hydrogen-bond donors (Lipinski definition) is 2. The summed E-state index contributed by atoms with van der Waals surface area (Å²) in [7, 11) is -3.96. The molecule has 7 nitrogen and oxygen atoms in total. The van der Waals surface area contributed by atoms with E-state index in [0.29, 0.717) is 50.7 Å². The predicted molar refractivity (Wildman–Crippen MR) is 186 cm³/mol. The highest BCUT2D eigenvalue weighted by Crippen LogP contribution is 2.78. The van der Waals surface area contributed by atoms with Crippen LogP contribution < -0.4 is 0 Å². The van der Waals surface area contributed by atoms with Gasteiger partial charge in [-0.3, -0.25) is 4.79 Å². The lowest BCUT2D eigenvalue weighted by atomic mass is 9.32. The van der Waals surface area contributed by atoms with Crippen LogP contribution in [-0.2, 0) is 20.9 Å². The zero-order valence-corrected chi connectivity index (χ0v) is 30.6. The molecule has 0 radical (unpaired) electrons. The molecule has 2 aromatic rings. The standard InChI is InChI=1S/C39H46F3NO6S2/c1-34-13-10-27(44)21-36(34)16-17-38(29(22-36)33(45)25-6-3-7-26(20-25)39(40,41)42)30(34)11-14-35(2)31(38)12-15-37(35,46)24-43(23-28-8-4-18-49-28)51(47,48)32-9-5-19-50-32/h3,5-7,9,16-17,19-20,22,27-28,30-31,44,46H,4,8,10-15,18,21,23-24H2,1-2H3. The summed E-state index contributed by atoms with van der Waals surface area (Å²) in [5.41, 5.74) is -4.62. The number of rotatable bonds is 8. The molecule has 9 rings (SSSR count). The minimum absolute atomic E-state index is 0.0371. The lowest BCUT2D eigenvalue weighted by Gasteiger charge is -2.71. The monoisotopic (exact) mass is 745 g/mol. The van der Waals surface area contributed by atoms with E-state index < -0.39 is 55.5 Å². The number of alkyl halides is 3. The quantitative estimate of drug-likeness (QED) is 0.216. The van der Waals surface area contributed by atoms with E-state index in [2.05, 4.69) is 19.1 Å². The lowest BCUT2D eigenvalue weighted by Crippen LogP contribution is -2.67. The van der Waals surface area contributed by atoms with E-state index in [1.54, 1.807) is 17.5 Å². The van der Waals surface area contributed by atoms with E-state index in [4.69, 9.17) is 4.74 Å². The van der Waals surface area contributed by atoms with Crippen LogP contribution in [0.4, 0.5) is 13.2 Å². The van der Waals surface area contributed by atoms with Gasteiger partial charge >= 0.3 is 6.18 Å².